The Hall–Kier alpha value is -2.77. The molecule has 3 heterocycles. The van der Waals surface area contributed by atoms with E-state index in [4.69, 9.17) is 4.52 Å². The molecule has 0 atom stereocenters. The van der Waals surface area contributed by atoms with Crippen LogP contribution in [0, 0.1) is 5.92 Å². The minimum absolute atomic E-state index is 0.0654. The maximum absolute atomic E-state index is 12.3. The summed E-state index contributed by atoms with van der Waals surface area (Å²) in [6, 6.07) is 3.38. The zero-order valence-electron chi connectivity index (χ0n) is 14.7. The first-order valence-electron chi connectivity index (χ1n) is 8.88. The second-order valence-corrected chi connectivity index (χ2v) is 6.98. The van der Waals surface area contributed by atoms with Crippen molar-refractivity contribution in [2.24, 2.45) is 5.92 Å². The summed E-state index contributed by atoms with van der Waals surface area (Å²) >= 11 is 0. The Labute approximate surface area is 151 Å². The first-order chi connectivity index (χ1) is 12.6. The fourth-order valence-electron chi connectivity index (χ4n) is 3.02. The maximum Gasteiger partial charge on any atom is 0.253 e. The molecule has 2 aliphatic rings. The molecule has 1 saturated carbocycles. The lowest BCUT2D eigenvalue weighted by molar-refractivity contribution is -0.137. The molecule has 0 aromatic carbocycles. The normalized spacial score (nSPS) is 17.0. The smallest absolute Gasteiger partial charge is 0.253 e. The Morgan fingerprint density at radius 3 is 2.69 bits per heavy atom. The summed E-state index contributed by atoms with van der Waals surface area (Å²) in [7, 11) is 1.75. The van der Waals surface area contributed by atoms with E-state index in [1.807, 2.05) is 4.90 Å². The van der Waals surface area contributed by atoms with Crippen LogP contribution in [0.15, 0.2) is 29.0 Å². The summed E-state index contributed by atoms with van der Waals surface area (Å²) in [6.07, 6.45) is 5.77. The number of amides is 2. The van der Waals surface area contributed by atoms with Gasteiger partial charge in [-0.2, -0.15) is 4.98 Å². The van der Waals surface area contributed by atoms with Gasteiger partial charge in [-0.1, -0.05) is 5.16 Å². The van der Waals surface area contributed by atoms with Crippen LogP contribution >= 0.6 is 0 Å². The first-order valence-corrected chi connectivity index (χ1v) is 8.88. The van der Waals surface area contributed by atoms with Gasteiger partial charge in [0.2, 0.25) is 11.8 Å². The van der Waals surface area contributed by atoms with Crippen LogP contribution in [0.3, 0.4) is 0 Å². The van der Waals surface area contributed by atoms with Crippen LogP contribution in [0.25, 0.3) is 0 Å². The van der Waals surface area contributed by atoms with Gasteiger partial charge in [0.25, 0.3) is 5.91 Å². The quantitative estimate of drug-likeness (QED) is 0.771. The lowest BCUT2D eigenvalue weighted by Gasteiger charge is -2.37. The topological polar surface area (TPSA) is 92.4 Å². The average Bonchev–Trinajstić information content (AvgIpc) is 3.38. The molecule has 26 heavy (non-hydrogen) atoms. The van der Waals surface area contributed by atoms with Crippen LogP contribution in [-0.2, 0) is 11.2 Å². The Bertz CT molecular complexity index is 796. The highest BCUT2D eigenvalue weighted by atomic mass is 16.5. The Morgan fingerprint density at radius 1 is 1.27 bits per heavy atom. The summed E-state index contributed by atoms with van der Waals surface area (Å²) in [4.78, 5) is 36.1. The van der Waals surface area contributed by atoms with Crippen LogP contribution < -0.4 is 0 Å². The highest BCUT2D eigenvalue weighted by Crippen LogP contribution is 2.35. The van der Waals surface area contributed by atoms with Crippen molar-refractivity contribution in [3.05, 3.63) is 41.8 Å². The van der Waals surface area contributed by atoms with Gasteiger partial charge in [-0.05, 0) is 25.0 Å². The van der Waals surface area contributed by atoms with E-state index in [-0.39, 0.29) is 23.7 Å². The highest BCUT2D eigenvalue weighted by Gasteiger charge is 2.41. The van der Waals surface area contributed by atoms with E-state index in [1.165, 1.54) is 0 Å². The van der Waals surface area contributed by atoms with E-state index in [9.17, 15) is 9.59 Å². The largest absolute Gasteiger partial charge is 0.341 e. The third kappa shape index (κ3) is 3.44. The fraction of sp³-hybridized carbons (Fsp3) is 0.500. The van der Waals surface area contributed by atoms with Crippen LogP contribution in [-0.4, -0.2) is 63.4 Å². The van der Waals surface area contributed by atoms with E-state index in [1.54, 1.807) is 36.5 Å². The van der Waals surface area contributed by atoms with Crippen molar-refractivity contribution in [2.45, 2.75) is 25.2 Å². The molecule has 8 nitrogen and oxygen atoms in total. The van der Waals surface area contributed by atoms with Crippen LogP contribution in [0.5, 0.6) is 0 Å². The van der Waals surface area contributed by atoms with Crippen molar-refractivity contribution in [3.63, 3.8) is 0 Å². The molecule has 0 spiro atoms. The Balaban J connectivity index is 1.26. The third-order valence-corrected chi connectivity index (χ3v) is 4.90. The number of likely N-dealkylation sites (tertiary alicyclic amines) is 1. The number of rotatable bonds is 6. The van der Waals surface area contributed by atoms with E-state index in [0.29, 0.717) is 43.3 Å². The predicted molar refractivity (Wildman–Crippen MR) is 91.2 cm³/mol. The van der Waals surface area contributed by atoms with Crippen LogP contribution in [0.4, 0.5) is 0 Å². The van der Waals surface area contributed by atoms with E-state index >= 15 is 0 Å². The van der Waals surface area contributed by atoms with Crippen molar-refractivity contribution in [1.29, 1.82) is 0 Å². The Kier molecular flexibility index (Phi) is 4.40. The molecule has 2 amide bonds. The molecule has 0 radical (unpaired) electrons. The van der Waals surface area contributed by atoms with E-state index < -0.39 is 0 Å². The number of nitrogens with zero attached hydrogens (tertiary/aromatic N) is 5. The minimum atomic E-state index is -0.0654. The van der Waals surface area contributed by atoms with Crippen molar-refractivity contribution in [2.75, 3.05) is 26.7 Å². The van der Waals surface area contributed by atoms with Crippen molar-refractivity contribution < 1.29 is 14.1 Å². The fourth-order valence-corrected chi connectivity index (χ4v) is 3.02. The van der Waals surface area contributed by atoms with Crippen LogP contribution in [0.1, 0.15) is 40.8 Å². The molecule has 1 saturated heterocycles. The predicted octanol–water partition coefficient (Wildman–Crippen LogP) is 1.12. The first kappa shape index (κ1) is 16.7. The van der Waals surface area contributed by atoms with Gasteiger partial charge in [-0.15, -0.1) is 0 Å². The second kappa shape index (κ2) is 6.86. The van der Waals surface area contributed by atoms with Gasteiger partial charge >= 0.3 is 0 Å². The van der Waals surface area contributed by atoms with Gasteiger partial charge in [0, 0.05) is 57.0 Å². The van der Waals surface area contributed by atoms with Crippen LogP contribution in [0.2, 0.25) is 0 Å². The zero-order valence-corrected chi connectivity index (χ0v) is 14.7. The second-order valence-electron chi connectivity index (χ2n) is 6.98. The van der Waals surface area contributed by atoms with Gasteiger partial charge < -0.3 is 14.3 Å². The molecule has 1 aliphatic heterocycles. The van der Waals surface area contributed by atoms with Gasteiger partial charge in [-0.3, -0.25) is 14.6 Å². The van der Waals surface area contributed by atoms with Gasteiger partial charge in [-0.25, -0.2) is 0 Å². The maximum atomic E-state index is 12.3. The number of hydrogen-bond acceptors (Lipinski definition) is 6. The molecule has 2 fully saturated rings. The highest BCUT2D eigenvalue weighted by molar-refractivity contribution is 5.93. The molecular weight excluding hydrogens is 334 g/mol. The van der Waals surface area contributed by atoms with Gasteiger partial charge in [0.15, 0.2) is 5.82 Å². The lowest BCUT2D eigenvalue weighted by Crippen LogP contribution is -2.49. The Morgan fingerprint density at radius 2 is 2.00 bits per heavy atom. The average molecular weight is 355 g/mol. The molecule has 8 heteroatoms. The van der Waals surface area contributed by atoms with Crippen molar-refractivity contribution in [3.8, 4) is 0 Å². The molecular formula is C18H21N5O3. The van der Waals surface area contributed by atoms with Gasteiger partial charge in [0.05, 0.1) is 5.92 Å². The molecule has 1 aliphatic carbocycles. The van der Waals surface area contributed by atoms with Gasteiger partial charge in [0.1, 0.15) is 0 Å². The number of carbonyl (C=O) groups is 2. The molecule has 0 bridgehead atoms. The van der Waals surface area contributed by atoms with Crippen molar-refractivity contribution in [1.82, 2.24) is 24.9 Å². The molecule has 0 N–H and O–H groups in total. The van der Waals surface area contributed by atoms with Crippen molar-refractivity contribution >= 4 is 11.8 Å². The zero-order chi connectivity index (χ0) is 18.1. The summed E-state index contributed by atoms with van der Waals surface area (Å²) in [5.74, 6) is 1.75. The number of likely N-dealkylation sites (N-methyl/N-ethyl adjacent to an activating group) is 1. The van der Waals surface area contributed by atoms with E-state index in [2.05, 4.69) is 15.1 Å². The molecule has 0 unspecified atom stereocenters. The summed E-state index contributed by atoms with van der Waals surface area (Å²) in [5, 5.41) is 4.00. The minimum Gasteiger partial charge on any atom is -0.341 e. The summed E-state index contributed by atoms with van der Waals surface area (Å²) in [6.45, 7) is 1.83. The van der Waals surface area contributed by atoms with E-state index in [0.717, 1.165) is 12.8 Å². The monoisotopic (exact) mass is 355 g/mol. The molecule has 2 aromatic rings. The lowest BCUT2D eigenvalue weighted by atomic mass is 9.99. The number of pyridine rings is 1. The number of aromatic nitrogens is 3. The summed E-state index contributed by atoms with van der Waals surface area (Å²) < 4.78 is 5.34. The number of hydrogen-bond donors (Lipinski definition) is 0. The SMILES string of the molecule is CN(CCc1noc(C2CN(C(=O)C3CC3)C2)n1)C(=O)c1ccncc1. The molecule has 4 rings (SSSR count). The molecule has 136 valence electrons. The summed E-state index contributed by atoms with van der Waals surface area (Å²) in [5.41, 5.74) is 0.603. The molecule has 2 aromatic heterocycles. The standard InChI is InChI=1S/C18H21N5O3/c1-22(17(24)13-4-7-19-8-5-13)9-6-15-20-16(26-21-15)14-10-23(11-14)18(25)12-2-3-12/h4-5,7-8,12,14H,2-3,6,9-11H2,1H3. The third-order valence-electron chi connectivity index (χ3n) is 4.90. The number of carbonyl (C=O) groups excluding carboxylic acids is 2.